The van der Waals surface area contributed by atoms with Crippen molar-refractivity contribution in [3.05, 3.63) is 58.2 Å². The molecule has 4 heterocycles. The number of thiazole rings is 1. The Morgan fingerprint density at radius 2 is 1.86 bits per heavy atom. The van der Waals surface area contributed by atoms with Crippen molar-refractivity contribution in [3.8, 4) is 0 Å². The Morgan fingerprint density at radius 3 is 2.55 bits per heavy atom. The first-order valence-electron chi connectivity index (χ1n) is 10.2. The van der Waals surface area contributed by atoms with Crippen LogP contribution in [-0.2, 0) is 13.0 Å². The summed E-state index contributed by atoms with van der Waals surface area (Å²) in [5.41, 5.74) is 3.36. The molecule has 1 aliphatic rings. The molecule has 4 rings (SSSR count). The molecule has 3 aromatic rings. The van der Waals surface area contributed by atoms with Gasteiger partial charge in [0.05, 0.1) is 0 Å². The molecule has 29 heavy (non-hydrogen) atoms. The van der Waals surface area contributed by atoms with Crippen molar-refractivity contribution in [3.63, 3.8) is 0 Å². The number of pyridine rings is 1. The van der Waals surface area contributed by atoms with Crippen LogP contribution in [0.15, 0.2) is 30.6 Å². The van der Waals surface area contributed by atoms with E-state index in [0.717, 1.165) is 54.2 Å². The van der Waals surface area contributed by atoms with E-state index in [1.807, 2.05) is 32.3 Å². The fourth-order valence-corrected chi connectivity index (χ4v) is 4.44. The zero-order valence-corrected chi connectivity index (χ0v) is 18.2. The minimum absolute atomic E-state index is 0.638. The number of nitrogens with one attached hydrogen (secondary N) is 1. The zero-order chi connectivity index (χ0) is 20.2. The molecule has 1 fully saturated rings. The van der Waals surface area contributed by atoms with Crippen LogP contribution in [0.2, 0.25) is 0 Å². The Balaban J connectivity index is 1.32. The van der Waals surface area contributed by atoms with Gasteiger partial charge < -0.3 is 5.32 Å². The SMILES string of the molecule is Cc1ccc(CN2CCC(Cc3nc(C)cc(Nc4ncc(C)s4)n3)CC2)cn1. The van der Waals surface area contributed by atoms with E-state index in [2.05, 4.69) is 44.2 Å². The lowest BCUT2D eigenvalue weighted by molar-refractivity contribution is 0.176. The number of piperidine rings is 1. The van der Waals surface area contributed by atoms with E-state index >= 15 is 0 Å². The minimum Gasteiger partial charge on any atom is -0.316 e. The number of hydrogen-bond acceptors (Lipinski definition) is 7. The Bertz CT molecular complexity index is 944. The zero-order valence-electron chi connectivity index (χ0n) is 17.4. The monoisotopic (exact) mass is 408 g/mol. The summed E-state index contributed by atoms with van der Waals surface area (Å²) in [7, 11) is 0. The lowest BCUT2D eigenvalue weighted by atomic mass is 9.93. The van der Waals surface area contributed by atoms with E-state index < -0.39 is 0 Å². The van der Waals surface area contributed by atoms with E-state index in [4.69, 9.17) is 4.98 Å². The maximum atomic E-state index is 4.75. The Kier molecular flexibility index (Phi) is 6.16. The van der Waals surface area contributed by atoms with Crippen LogP contribution in [0.3, 0.4) is 0 Å². The number of aryl methyl sites for hydroxylation is 3. The van der Waals surface area contributed by atoms with Gasteiger partial charge in [0.25, 0.3) is 0 Å². The summed E-state index contributed by atoms with van der Waals surface area (Å²) in [6, 6.07) is 6.27. The van der Waals surface area contributed by atoms with Gasteiger partial charge in [-0.25, -0.2) is 15.0 Å². The highest BCUT2D eigenvalue weighted by molar-refractivity contribution is 7.15. The van der Waals surface area contributed by atoms with Crippen molar-refractivity contribution in [2.75, 3.05) is 18.4 Å². The van der Waals surface area contributed by atoms with Crippen molar-refractivity contribution in [2.45, 2.75) is 46.6 Å². The summed E-state index contributed by atoms with van der Waals surface area (Å²) < 4.78 is 0. The van der Waals surface area contributed by atoms with Gasteiger partial charge in [-0.05, 0) is 64.3 Å². The standard InChI is InChI=1S/C22H28N6S/c1-15-4-5-19(13-23-15)14-28-8-6-18(7-9-28)11-21-25-16(2)10-20(26-21)27-22-24-12-17(3)29-22/h4-5,10,12-13,18H,6-9,11,14H2,1-3H3,(H,24,25,26,27). The summed E-state index contributed by atoms with van der Waals surface area (Å²) in [5, 5.41) is 4.20. The summed E-state index contributed by atoms with van der Waals surface area (Å²) in [6.45, 7) is 9.34. The molecular formula is C22H28N6S. The molecule has 0 unspecified atom stereocenters. The highest BCUT2D eigenvalue weighted by Crippen LogP contribution is 2.24. The van der Waals surface area contributed by atoms with Crippen LogP contribution in [-0.4, -0.2) is 37.9 Å². The van der Waals surface area contributed by atoms with Gasteiger partial charge in [0.15, 0.2) is 5.13 Å². The summed E-state index contributed by atoms with van der Waals surface area (Å²) in [5.74, 6) is 2.41. The first-order chi connectivity index (χ1) is 14.0. The number of anilines is 2. The Labute approximate surface area is 176 Å². The van der Waals surface area contributed by atoms with E-state index in [1.54, 1.807) is 11.3 Å². The highest BCUT2D eigenvalue weighted by Gasteiger charge is 2.21. The summed E-state index contributed by atoms with van der Waals surface area (Å²) in [4.78, 5) is 21.9. The Morgan fingerprint density at radius 1 is 1.03 bits per heavy atom. The largest absolute Gasteiger partial charge is 0.316 e. The fraction of sp³-hybridized carbons (Fsp3) is 0.455. The van der Waals surface area contributed by atoms with E-state index in [-0.39, 0.29) is 0 Å². The van der Waals surface area contributed by atoms with Crippen molar-refractivity contribution < 1.29 is 0 Å². The minimum atomic E-state index is 0.638. The first kappa shape index (κ1) is 19.9. The molecular weight excluding hydrogens is 380 g/mol. The van der Waals surface area contributed by atoms with Gasteiger partial charge in [0, 0.05) is 47.7 Å². The molecule has 0 saturated carbocycles. The summed E-state index contributed by atoms with van der Waals surface area (Å²) >= 11 is 1.64. The molecule has 0 aliphatic carbocycles. The van der Waals surface area contributed by atoms with Crippen LogP contribution in [0.1, 0.15) is 40.5 Å². The number of hydrogen-bond donors (Lipinski definition) is 1. The van der Waals surface area contributed by atoms with E-state index in [0.29, 0.717) is 5.92 Å². The van der Waals surface area contributed by atoms with Gasteiger partial charge in [-0.15, -0.1) is 11.3 Å². The average molecular weight is 409 g/mol. The lowest BCUT2D eigenvalue weighted by Gasteiger charge is -2.31. The second kappa shape index (κ2) is 8.97. The molecule has 0 bridgehead atoms. The van der Waals surface area contributed by atoms with Crippen LogP contribution >= 0.6 is 11.3 Å². The van der Waals surface area contributed by atoms with E-state index in [9.17, 15) is 0 Å². The predicted molar refractivity (Wildman–Crippen MR) is 118 cm³/mol. The molecule has 0 amide bonds. The molecule has 0 atom stereocenters. The molecule has 1 saturated heterocycles. The third kappa shape index (κ3) is 5.58. The molecule has 7 heteroatoms. The number of rotatable bonds is 6. The number of nitrogens with zero attached hydrogens (tertiary/aromatic N) is 5. The number of likely N-dealkylation sites (tertiary alicyclic amines) is 1. The normalized spacial score (nSPS) is 15.6. The predicted octanol–water partition coefficient (Wildman–Crippen LogP) is 4.45. The second-order valence-corrected chi connectivity index (χ2v) is 9.18. The highest BCUT2D eigenvalue weighted by atomic mass is 32.1. The van der Waals surface area contributed by atoms with Crippen LogP contribution in [0.5, 0.6) is 0 Å². The molecule has 1 aliphatic heterocycles. The molecule has 0 spiro atoms. The van der Waals surface area contributed by atoms with Crippen molar-refractivity contribution in [2.24, 2.45) is 5.92 Å². The van der Waals surface area contributed by atoms with Crippen LogP contribution in [0.25, 0.3) is 0 Å². The summed E-state index contributed by atoms with van der Waals surface area (Å²) in [6.07, 6.45) is 7.19. The topological polar surface area (TPSA) is 66.8 Å². The molecule has 3 aromatic heterocycles. The fourth-order valence-electron chi connectivity index (χ4n) is 3.76. The van der Waals surface area contributed by atoms with Gasteiger partial charge in [-0.2, -0.15) is 0 Å². The maximum absolute atomic E-state index is 4.75. The Hall–Kier alpha value is -2.38. The van der Waals surface area contributed by atoms with Gasteiger partial charge in [0.2, 0.25) is 0 Å². The van der Waals surface area contributed by atoms with Crippen molar-refractivity contribution in [1.29, 1.82) is 0 Å². The molecule has 152 valence electrons. The third-order valence-electron chi connectivity index (χ3n) is 5.31. The molecule has 1 N–H and O–H groups in total. The molecule has 0 radical (unpaired) electrons. The lowest BCUT2D eigenvalue weighted by Crippen LogP contribution is -2.34. The van der Waals surface area contributed by atoms with Gasteiger partial charge in [-0.1, -0.05) is 6.07 Å². The maximum Gasteiger partial charge on any atom is 0.188 e. The molecule has 6 nitrogen and oxygen atoms in total. The quantitative estimate of drug-likeness (QED) is 0.650. The van der Waals surface area contributed by atoms with Gasteiger partial charge in [0.1, 0.15) is 11.6 Å². The van der Waals surface area contributed by atoms with Crippen LogP contribution in [0, 0.1) is 26.7 Å². The van der Waals surface area contributed by atoms with Crippen LogP contribution < -0.4 is 5.32 Å². The first-order valence-corrected chi connectivity index (χ1v) is 11.0. The third-order valence-corrected chi connectivity index (χ3v) is 6.14. The smallest absolute Gasteiger partial charge is 0.188 e. The number of aromatic nitrogens is 4. The second-order valence-electron chi connectivity index (χ2n) is 7.94. The van der Waals surface area contributed by atoms with Crippen LogP contribution in [0.4, 0.5) is 10.9 Å². The average Bonchev–Trinajstić information content (AvgIpc) is 3.09. The van der Waals surface area contributed by atoms with Crippen molar-refractivity contribution >= 4 is 22.3 Å². The van der Waals surface area contributed by atoms with Gasteiger partial charge >= 0.3 is 0 Å². The van der Waals surface area contributed by atoms with Gasteiger partial charge in [-0.3, -0.25) is 9.88 Å². The van der Waals surface area contributed by atoms with Crippen molar-refractivity contribution in [1.82, 2.24) is 24.8 Å². The molecule has 0 aromatic carbocycles. The van der Waals surface area contributed by atoms with E-state index in [1.165, 1.54) is 23.3 Å².